The third kappa shape index (κ3) is 4.68. The van der Waals surface area contributed by atoms with Gasteiger partial charge < -0.3 is 4.72 Å². The van der Waals surface area contributed by atoms with E-state index in [2.05, 4.69) is 25.3 Å². The maximum Gasteiger partial charge on any atom is 0.264 e. The van der Waals surface area contributed by atoms with Gasteiger partial charge in [-0.1, -0.05) is 12.1 Å². The van der Waals surface area contributed by atoms with Gasteiger partial charge in [0.1, 0.15) is 0 Å². The molecule has 0 aliphatic rings. The third-order valence-corrected chi connectivity index (χ3v) is 6.76. The lowest BCUT2D eigenvalue weighted by Crippen LogP contribution is -2.16. The minimum atomic E-state index is -3.84. The quantitative estimate of drug-likeness (QED) is 0.602. The monoisotopic (exact) mass is 416 g/mol. The summed E-state index contributed by atoms with van der Waals surface area (Å²) in [6.45, 7) is 3.65. The number of aromatic nitrogens is 2. The van der Waals surface area contributed by atoms with Crippen molar-refractivity contribution in [3.8, 4) is 0 Å². The number of hydrogen-bond acceptors (Lipinski definition) is 5. The second-order valence-electron chi connectivity index (χ2n) is 6.25. The summed E-state index contributed by atoms with van der Waals surface area (Å²) in [5.41, 5.74) is 2.11. The molecule has 1 atom stereocenters. The zero-order valence-electron chi connectivity index (χ0n) is 15.4. The fourth-order valence-corrected chi connectivity index (χ4v) is 4.71. The molecule has 0 aliphatic carbocycles. The van der Waals surface area contributed by atoms with E-state index in [0.717, 1.165) is 5.56 Å². The third-order valence-electron chi connectivity index (χ3n) is 3.84. The van der Waals surface area contributed by atoms with E-state index in [-0.39, 0.29) is 10.8 Å². The molecule has 1 heterocycles. The topological polar surface area (TPSA) is 101 Å². The fraction of sp³-hybridized carbons (Fsp3) is 0.105. The van der Waals surface area contributed by atoms with Crippen molar-refractivity contribution >= 4 is 37.2 Å². The first-order valence-corrected chi connectivity index (χ1v) is 11.5. The highest BCUT2D eigenvalue weighted by Gasteiger charge is 2.16. The molecule has 1 aromatic heterocycles. The summed E-state index contributed by atoms with van der Waals surface area (Å²) in [5.74, 6) is 3.78. The first-order valence-electron chi connectivity index (χ1n) is 8.30. The number of benzene rings is 2. The Bertz CT molecular complexity index is 1210. The predicted molar refractivity (Wildman–Crippen MR) is 112 cm³/mol. The lowest BCUT2D eigenvalue weighted by atomic mass is 10.2. The second-order valence-corrected chi connectivity index (χ2v) is 9.95. The Balaban J connectivity index is 1.79. The predicted octanol–water partition coefficient (Wildman–Crippen LogP) is 3.00. The maximum absolute atomic E-state index is 12.9. The molecule has 1 unspecified atom stereocenters. The smallest absolute Gasteiger partial charge is 0.264 e. The standard InChI is InChI=1S/C19H20N4O3S2/c1-14-5-4-6-18(13-14)27(3,24)22-16-7-9-17(10-8-16)28(25,26)23-19-20-12-11-15(2)21-19/h4-13H,3H2,1-2H3,(H,22,24)(H,20,21,23). The minimum absolute atomic E-state index is 0.00225. The lowest BCUT2D eigenvalue weighted by molar-refractivity contribution is 0.601. The van der Waals surface area contributed by atoms with E-state index in [1.165, 1.54) is 30.5 Å². The zero-order chi connectivity index (χ0) is 20.4. The van der Waals surface area contributed by atoms with Crippen molar-refractivity contribution in [2.45, 2.75) is 23.6 Å². The Kier molecular flexibility index (Phi) is 5.39. The van der Waals surface area contributed by atoms with Crippen LogP contribution in [0, 0.1) is 13.8 Å². The van der Waals surface area contributed by atoms with Crippen LogP contribution in [-0.2, 0) is 19.7 Å². The van der Waals surface area contributed by atoms with Crippen molar-refractivity contribution < 1.29 is 12.6 Å². The van der Waals surface area contributed by atoms with E-state index in [1.54, 1.807) is 25.1 Å². The summed E-state index contributed by atoms with van der Waals surface area (Å²) >= 11 is 0. The Morgan fingerprint density at radius 2 is 1.61 bits per heavy atom. The first kappa shape index (κ1) is 19.8. The van der Waals surface area contributed by atoms with E-state index in [0.29, 0.717) is 16.3 Å². The number of nitrogens with zero attached hydrogens (tertiary/aromatic N) is 2. The molecular weight excluding hydrogens is 396 g/mol. The van der Waals surface area contributed by atoms with E-state index in [9.17, 15) is 12.6 Å². The first-order chi connectivity index (χ1) is 13.2. The molecule has 7 nitrogen and oxygen atoms in total. The van der Waals surface area contributed by atoms with E-state index in [4.69, 9.17) is 0 Å². The van der Waals surface area contributed by atoms with Crippen LogP contribution < -0.4 is 9.44 Å². The van der Waals surface area contributed by atoms with E-state index in [1.807, 2.05) is 19.1 Å². The van der Waals surface area contributed by atoms with Gasteiger partial charge in [0.25, 0.3) is 10.0 Å². The molecule has 0 bridgehead atoms. The molecule has 0 radical (unpaired) electrons. The normalized spacial score (nSPS) is 13.5. The van der Waals surface area contributed by atoms with Gasteiger partial charge in [-0.3, -0.25) is 0 Å². The van der Waals surface area contributed by atoms with Gasteiger partial charge in [0.2, 0.25) is 5.95 Å². The maximum atomic E-state index is 12.9. The molecule has 0 saturated carbocycles. The van der Waals surface area contributed by atoms with Crippen molar-refractivity contribution in [2.24, 2.45) is 0 Å². The molecule has 146 valence electrons. The summed E-state index contributed by atoms with van der Waals surface area (Å²) in [6, 6.07) is 14.8. The molecule has 2 aromatic carbocycles. The van der Waals surface area contributed by atoms with Gasteiger partial charge in [0.05, 0.1) is 14.6 Å². The van der Waals surface area contributed by atoms with Crippen molar-refractivity contribution in [3.63, 3.8) is 0 Å². The molecule has 3 rings (SSSR count). The van der Waals surface area contributed by atoms with Gasteiger partial charge in [-0.25, -0.2) is 27.3 Å². The zero-order valence-corrected chi connectivity index (χ0v) is 17.0. The Morgan fingerprint density at radius 1 is 0.893 bits per heavy atom. The van der Waals surface area contributed by atoms with Gasteiger partial charge in [-0.15, -0.1) is 0 Å². The highest BCUT2D eigenvalue weighted by molar-refractivity contribution is 8.01. The van der Waals surface area contributed by atoms with Crippen LogP contribution in [0.3, 0.4) is 0 Å². The molecule has 0 aliphatic heterocycles. The molecule has 2 N–H and O–H groups in total. The summed E-state index contributed by atoms with van der Waals surface area (Å²) in [4.78, 5) is 8.54. The number of aryl methyl sites for hydroxylation is 2. The van der Waals surface area contributed by atoms with Crippen LogP contribution in [0.2, 0.25) is 0 Å². The van der Waals surface area contributed by atoms with E-state index < -0.39 is 19.7 Å². The van der Waals surface area contributed by atoms with Crippen LogP contribution >= 0.6 is 0 Å². The number of sulfonamides is 1. The molecule has 3 aromatic rings. The van der Waals surface area contributed by atoms with Crippen LogP contribution in [0.5, 0.6) is 0 Å². The van der Waals surface area contributed by atoms with E-state index >= 15 is 0 Å². The average molecular weight is 417 g/mol. The van der Waals surface area contributed by atoms with Crippen LogP contribution in [0.15, 0.2) is 70.6 Å². The molecule has 0 spiro atoms. The second kappa shape index (κ2) is 7.61. The summed E-state index contributed by atoms with van der Waals surface area (Å²) in [6.07, 6.45) is 1.48. The number of anilines is 2. The number of nitrogens with one attached hydrogen (secondary N) is 2. The highest BCUT2D eigenvalue weighted by atomic mass is 32.2. The van der Waals surface area contributed by atoms with Crippen LogP contribution in [0.4, 0.5) is 11.6 Å². The van der Waals surface area contributed by atoms with Crippen LogP contribution in [0.25, 0.3) is 0 Å². The SMILES string of the molecule is C=S(=O)(Nc1ccc(S(=O)(=O)Nc2nccc(C)n2)cc1)c1cccc(C)c1. The van der Waals surface area contributed by atoms with Crippen molar-refractivity contribution in [3.05, 3.63) is 72.1 Å². The summed E-state index contributed by atoms with van der Waals surface area (Å²) < 4.78 is 43.1. The van der Waals surface area contributed by atoms with Gasteiger partial charge in [-0.2, -0.15) is 0 Å². The van der Waals surface area contributed by atoms with Crippen molar-refractivity contribution in [1.29, 1.82) is 0 Å². The summed E-state index contributed by atoms with van der Waals surface area (Å²) in [7, 11) is -6.61. The van der Waals surface area contributed by atoms with Crippen LogP contribution in [-0.4, -0.2) is 28.5 Å². The number of rotatable bonds is 6. The molecule has 0 amide bonds. The molecule has 28 heavy (non-hydrogen) atoms. The van der Waals surface area contributed by atoms with Crippen molar-refractivity contribution in [1.82, 2.24) is 9.97 Å². The molecular formula is C19H20N4O3S2. The Hall–Kier alpha value is -2.91. The van der Waals surface area contributed by atoms with Gasteiger partial charge in [0.15, 0.2) is 0 Å². The number of hydrogen-bond donors (Lipinski definition) is 2. The highest BCUT2D eigenvalue weighted by Crippen LogP contribution is 2.20. The van der Waals surface area contributed by atoms with Gasteiger partial charge in [0, 0.05) is 22.5 Å². The summed E-state index contributed by atoms with van der Waals surface area (Å²) in [5, 5.41) is 0. The van der Waals surface area contributed by atoms with Gasteiger partial charge >= 0.3 is 0 Å². The molecule has 0 fully saturated rings. The minimum Gasteiger partial charge on any atom is -0.309 e. The Morgan fingerprint density at radius 3 is 2.25 bits per heavy atom. The average Bonchev–Trinajstić information content (AvgIpc) is 2.61. The van der Waals surface area contributed by atoms with Crippen LogP contribution in [0.1, 0.15) is 11.3 Å². The lowest BCUT2D eigenvalue weighted by Gasteiger charge is -2.14. The van der Waals surface area contributed by atoms with Crippen molar-refractivity contribution in [2.75, 3.05) is 9.44 Å². The largest absolute Gasteiger partial charge is 0.309 e. The van der Waals surface area contributed by atoms with Gasteiger partial charge in [-0.05, 0) is 67.7 Å². The Labute approximate surface area is 165 Å². The molecule has 0 saturated heterocycles. The fourth-order valence-electron chi connectivity index (χ4n) is 2.45. The molecule has 9 heteroatoms.